The molecule has 0 spiro atoms. The van der Waals surface area contributed by atoms with Gasteiger partial charge in [-0.25, -0.2) is 4.79 Å². The number of amides is 1. The van der Waals surface area contributed by atoms with Crippen molar-refractivity contribution >= 4 is 40.0 Å². The second kappa shape index (κ2) is 10.8. The number of carbonyl (C=O) groups excluding carboxylic acids is 2. The van der Waals surface area contributed by atoms with E-state index in [0.29, 0.717) is 17.2 Å². The molecule has 4 rings (SSSR count). The van der Waals surface area contributed by atoms with Crippen LogP contribution in [-0.4, -0.2) is 18.5 Å². The Labute approximate surface area is 197 Å². The van der Waals surface area contributed by atoms with Crippen LogP contribution >= 0.6 is 23.1 Å². The number of nitrogens with one attached hydrogen (secondary N) is 1. The molecule has 0 bridgehead atoms. The number of hydrogen-bond acceptors (Lipinski definition) is 5. The number of thioether (sulfide) groups is 1. The molecule has 1 aliphatic carbocycles. The zero-order valence-electron chi connectivity index (χ0n) is 18.1. The van der Waals surface area contributed by atoms with E-state index in [9.17, 15) is 9.59 Å². The molecule has 1 aliphatic rings. The smallest absolute Gasteiger partial charge is 0.341 e. The minimum atomic E-state index is -0.433. The fraction of sp³-hybridized carbons (Fsp3) is 0.308. The van der Waals surface area contributed by atoms with Crippen LogP contribution in [0.2, 0.25) is 0 Å². The minimum Gasteiger partial charge on any atom is -0.462 e. The molecule has 1 N–H and O–H groups in total. The Morgan fingerprint density at radius 3 is 2.44 bits per heavy atom. The van der Waals surface area contributed by atoms with E-state index in [4.69, 9.17) is 4.74 Å². The van der Waals surface area contributed by atoms with Crippen molar-refractivity contribution in [1.82, 2.24) is 0 Å². The Kier molecular flexibility index (Phi) is 7.66. The SMILES string of the molecule is CCCOC(=O)c1c(NC(=O)C(Sc2ccccc2)c2ccccc2)sc2c1CCCC2. The number of aryl methyl sites for hydroxylation is 1. The summed E-state index contributed by atoms with van der Waals surface area (Å²) in [5.41, 5.74) is 2.54. The Hall–Kier alpha value is -2.57. The summed E-state index contributed by atoms with van der Waals surface area (Å²) in [6.45, 7) is 2.36. The largest absolute Gasteiger partial charge is 0.462 e. The quantitative estimate of drug-likeness (QED) is 0.298. The van der Waals surface area contributed by atoms with Crippen LogP contribution < -0.4 is 5.32 Å². The molecule has 166 valence electrons. The number of carbonyl (C=O) groups is 2. The molecule has 3 aromatic rings. The second-order valence-corrected chi connectivity index (χ2v) is 10.0. The third-order valence-corrected chi connectivity index (χ3v) is 7.86. The molecule has 4 nitrogen and oxygen atoms in total. The van der Waals surface area contributed by atoms with Crippen LogP contribution in [0.1, 0.15) is 57.8 Å². The van der Waals surface area contributed by atoms with Gasteiger partial charge in [-0.1, -0.05) is 55.5 Å². The normalized spacial score (nSPS) is 13.8. The van der Waals surface area contributed by atoms with Gasteiger partial charge in [0.15, 0.2) is 0 Å². The molecule has 1 heterocycles. The summed E-state index contributed by atoms with van der Waals surface area (Å²) in [5, 5.41) is 3.29. The lowest BCUT2D eigenvalue weighted by atomic mass is 9.95. The van der Waals surface area contributed by atoms with Crippen LogP contribution in [0.15, 0.2) is 65.6 Å². The Bertz CT molecular complexity index is 1060. The standard InChI is InChI=1S/C26H27NO3S2/c1-2-17-30-26(29)22-20-15-9-10-16-21(20)32-25(22)27-24(28)23(18-11-5-3-6-12-18)31-19-13-7-4-8-14-19/h3-8,11-14,23H,2,9-10,15-17H2,1H3,(H,27,28). The topological polar surface area (TPSA) is 55.4 Å². The van der Waals surface area contributed by atoms with Gasteiger partial charge in [-0.2, -0.15) is 0 Å². The first-order valence-electron chi connectivity index (χ1n) is 11.1. The molecule has 2 aromatic carbocycles. The molecule has 0 saturated heterocycles. The zero-order valence-corrected chi connectivity index (χ0v) is 19.8. The van der Waals surface area contributed by atoms with Gasteiger partial charge in [-0.05, 0) is 55.4 Å². The number of fused-ring (bicyclic) bond motifs is 1. The molecular formula is C26H27NO3S2. The van der Waals surface area contributed by atoms with Crippen LogP contribution in [0.5, 0.6) is 0 Å². The number of anilines is 1. The van der Waals surface area contributed by atoms with Crippen molar-refractivity contribution in [2.45, 2.75) is 49.2 Å². The van der Waals surface area contributed by atoms with Gasteiger partial charge < -0.3 is 10.1 Å². The third kappa shape index (κ3) is 5.25. The van der Waals surface area contributed by atoms with Crippen LogP contribution in [0.3, 0.4) is 0 Å². The summed E-state index contributed by atoms with van der Waals surface area (Å²) in [6, 6.07) is 19.7. The highest BCUT2D eigenvalue weighted by atomic mass is 32.2. The number of thiophene rings is 1. The lowest BCUT2D eigenvalue weighted by Gasteiger charge is -2.17. The molecule has 6 heteroatoms. The van der Waals surface area contributed by atoms with Crippen molar-refractivity contribution in [2.24, 2.45) is 0 Å². The zero-order chi connectivity index (χ0) is 22.3. The van der Waals surface area contributed by atoms with E-state index in [-0.39, 0.29) is 11.9 Å². The van der Waals surface area contributed by atoms with E-state index in [1.165, 1.54) is 28.0 Å². The molecule has 0 radical (unpaired) electrons. The fourth-order valence-electron chi connectivity index (χ4n) is 3.85. The molecule has 1 aromatic heterocycles. The summed E-state index contributed by atoms with van der Waals surface area (Å²) in [4.78, 5) is 28.7. The van der Waals surface area contributed by atoms with Crippen molar-refractivity contribution in [3.8, 4) is 0 Å². The molecule has 0 aliphatic heterocycles. The summed E-state index contributed by atoms with van der Waals surface area (Å²) in [6.07, 6.45) is 4.75. The van der Waals surface area contributed by atoms with Crippen LogP contribution in [0.4, 0.5) is 5.00 Å². The highest BCUT2D eigenvalue weighted by Crippen LogP contribution is 2.41. The maximum atomic E-state index is 13.5. The number of hydrogen-bond donors (Lipinski definition) is 1. The Morgan fingerprint density at radius 1 is 1.03 bits per heavy atom. The van der Waals surface area contributed by atoms with Gasteiger partial charge in [0.25, 0.3) is 0 Å². The molecular weight excluding hydrogens is 438 g/mol. The number of benzene rings is 2. The van der Waals surface area contributed by atoms with Gasteiger partial charge in [-0.3, -0.25) is 4.79 Å². The van der Waals surface area contributed by atoms with E-state index >= 15 is 0 Å². The maximum Gasteiger partial charge on any atom is 0.341 e. The number of esters is 1. The van der Waals surface area contributed by atoms with Crippen LogP contribution in [0, 0.1) is 0 Å². The van der Waals surface area contributed by atoms with E-state index in [2.05, 4.69) is 5.32 Å². The lowest BCUT2D eigenvalue weighted by Crippen LogP contribution is -2.20. The Balaban J connectivity index is 1.64. The molecule has 1 unspecified atom stereocenters. The van der Waals surface area contributed by atoms with Crippen molar-refractivity contribution < 1.29 is 14.3 Å². The van der Waals surface area contributed by atoms with Crippen molar-refractivity contribution in [2.75, 3.05) is 11.9 Å². The maximum absolute atomic E-state index is 13.5. The number of rotatable bonds is 8. The summed E-state index contributed by atoms with van der Waals surface area (Å²) in [5.74, 6) is -0.457. The van der Waals surface area contributed by atoms with Crippen molar-refractivity contribution in [3.05, 3.63) is 82.2 Å². The van der Waals surface area contributed by atoms with Gasteiger partial charge >= 0.3 is 5.97 Å². The van der Waals surface area contributed by atoms with Gasteiger partial charge in [0.2, 0.25) is 5.91 Å². The van der Waals surface area contributed by atoms with E-state index in [1.54, 1.807) is 0 Å². The van der Waals surface area contributed by atoms with Gasteiger partial charge in [0, 0.05) is 9.77 Å². The van der Waals surface area contributed by atoms with E-state index in [0.717, 1.165) is 48.1 Å². The molecule has 32 heavy (non-hydrogen) atoms. The molecule has 0 fully saturated rings. The van der Waals surface area contributed by atoms with Crippen molar-refractivity contribution in [3.63, 3.8) is 0 Å². The lowest BCUT2D eigenvalue weighted by molar-refractivity contribution is -0.115. The fourth-order valence-corrected chi connectivity index (χ4v) is 6.18. The van der Waals surface area contributed by atoms with Crippen LogP contribution in [-0.2, 0) is 22.4 Å². The Morgan fingerprint density at radius 2 is 1.72 bits per heavy atom. The predicted molar refractivity (Wildman–Crippen MR) is 132 cm³/mol. The second-order valence-electron chi connectivity index (χ2n) is 7.76. The minimum absolute atomic E-state index is 0.131. The highest BCUT2D eigenvalue weighted by molar-refractivity contribution is 8.00. The summed E-state index contributed by atoms with van der Waals surface area (Å²) < 4.78 is 5.48. The molecule has 1 atom stereocenters. The van der Waals surface area contributed by atoms with E-state index in [1.807, 2.05) is 67.6 Å². The third-order valence-electron chi connectivity index (χ3n) is 5.39. The summed E-state index contributed by atoms with van der Waals surface area (Å²) in [7, 11) is 0. The first kappa shape index (κ1) is 22.6. The predicted octanol–water partition coefficient (Wildman–Crippen LogP) is 6.67. The monoisotopic (exact) mass is 465 g/mol. The average molecular weight is 466 g/mol. The van der Waals surface area contributed by atoms with Crippen molar-refractivity contribution in [1.29, 1.82) is 0 Å². The van der Waals surface area contributed by atoms with E-state index < -0.39 is 5.25 Å². The number of ether oxygens (including phenoxy) is 1. The van der Waals surface area contributed by atoms with Gasteiger partial charge in [0.05, 0.1) is 12.2 Å². The summed E-state index contributed by atoms with van der Waals surface area (Å²) >= 11 is 3.04. The first-order valence-corrected chi connectivity index (χ1v) is 12.8. The molecule has 1 amide bonds. The van der Waals surface area contributed by atoms with Gasteiger partial charge in [0.1, 0.15) is 10.3 Å². The highest BCUT2D eigenvalue weighted by Gasteiger charge is 2.29. The molecule has 0 saturated carbocycles. The first-order chi connectivity index (χ1) is 15.7. The van der Waals surface area contributed by atoms with Gasteiger partial charge in [-0.15, -0.1) is 23.1 Å². The average Bonchev–Trinajstić information content (AvgIpc) is 3.20. The van der Waals surface area contributed by atoms with Crippen LogP contribution in [0.25, 0.3) is 0 Å².